The van der Waals surface area contributed by atoms with Gasteiger partial charge in [0.05, 0.1) is 6.54 Å². The van der Waals surface area contributed by atoms with Crippen molar-refractivity contribution in [2.45, 2.75) is 44.3 Å². The SMILES string of the molecule is CC1CN2CCCCC2CN1C(=O)C1CNC(=O)CN1. The molecule has 0 spiro atoms. The summed E-state index contributed by atoms with van der Waals surface area (Å²) in [6.07, 6.45) is 3.76. The van der Waals surface area contributed by atoms with Gasteiger partial charge in [0.15, 0.2) is 0 Å². The van der Waals surface area contributed by atoms with Crippen molar-refractivity contribution in [2.75, 3.05) is 32.7 Å². The molecule has 0 bridgehead atoms. The van der Waals surface area contributed by atoms with Gasteiger partial charge in [-0.15, -0.1) is 0 Å². The molecule has 6 heteroatoms. The van der Waals surface area contributed by atoms with E-state index in [2.05, 4.69) is 22.5 Å². The fraction of sp³-hybridized carbons (Fsp3) is 0.857. The third-order valence-electron chi connectivity index (χ3n) is 4.78. The van der Waals surface area contributed by atoms with Gasteiger partial charge in [0.2, 0.25) is 11.8 Å². The van der Waals surface area contributed by atoms with Crippen LogP contribution in [0, 0.1) is 0 Å². The summed E-state index contributed by atoms with van der Waals surface area (Å²) < 4.78 is 0. The number of carbonyl (C=O) groups is 2. The summed E-state index contributed by atoms with van der Waals surface area (Å²) in [6, 6.07) is 0.531. The number of fused-ring (bicyclic) bond motifs is 1. The lowest BCUT2D eigenvalue weighted by atomic mass is 9.96. The van der Waals surface area contributed by atoms with Crippen LogP contribution in [0.1, 0.15) is 26.2 Å². The second-order valence-electron chi connectivity index (χ2n) is 6.22. The Bertz CT molecular complexity index is 391. The van der Waals surface area contributed by atoms with Crippen molar-refractivity contribution in [1.82, 2.24) is 20.4 Å². The molecule has 2 amide bonds. The highest BCUT2D eigenvalue weighted by atomic mass is 16.2. The highest BCUT2D eigenvalue weighted by Crippen LogP contribution is 2.24. The van der Waals surface area contributed by atoms with Crippen LogP contribution in [0.25, 0.3) is 0 Å². The van der Waals surface area contributed by atoms with Gasteiger partial charge in [-0.25, -0.2) is 0 Å². The number of carbonyl (C=O) groups excluding carboxylic acids is 2. The Hall–Kier alpha value is -1.14. The van der Waals surface area contributed by atoms with E-state index < -0.39 is 0 Å². The van der Waals surface area contributed by atoms with E-state index in [0.29, 0.717) is 12.6 Å². The Kier molecular flexibility index (Phi) is 3.94. The molecule has 2 N–H and O–H groups in total. The van der Waals surface area contributed by atoms with E-state index >= 15 is 0 Å². The molecule has 112 valence electrons. The third kappa shape index (κ3) is 2.67. The first kappa shape index (κ1) is 13.8. The van der Waals surface area contributed by atoms with Gasteiger partial charge < -0.3 is 10.2 Å². The predicted molar refractivity (Wildman–Crippen MR) is 75.2 cm³/mol. The molecule has 3 aliphatic rings. The molecule has 3 unspecified atom stereocenters. The molecule has 0 aliphatic carbocycles. The standard InChI is InChI=1S/C14H24N4O2/c1-10-8-17-5-3-2-4-11(17)9-18(10)14(20)12-6-16-13(19)7-15-12/h10-12,15H,2-9H2,1H3,(H,16,19). The van der Waals surface area contributed by atoms with Gasteiger partial charge in [-0.1, -0.05) is 6.42 Å². The van der Waals surface area contributed by atoms with Crippen LogP contribution in [0.15, 0.2) is 0 Å². The van der Waals surface area contributed by atoms with Crippen LogP contribution >= 0.6 is 0 Å². The van der Waals surface area contributed by atoms with Crippen molar-refractivity contribution < 1.29 is 9.59 Å². The lowest BCUT2D eigenvalue weighted by Gasteiger charge is -2.48. The average Bonchev–Trinajstić information content (AvgIpc) is 2.46. The molecule has 3 fully saturated rings. The summed E-state index contributed by atoms with van der Waals surface area (Å²) in [7, 11) is 0. The number of amides is 2. The highest BCUT2D eigenvalue weighted by molar-refractivity contribution is 5.87. The van der Waals surface area contributed by atoms with Crippen LogP contribution in [0.4, 0.5) is 0 Å². The zero-order valence-corrected chi connectivity index (χ0v) is 12.1. The molecule has 0 saturated carbocycles. The van der Waals surface area contributed by atoms with E-state index in [-0.39, 0.29) is 30.4 Å². The minimum Gasteiger partial charge on any atom is -0.353 e. The Balaban J connectivity index is 1.63. The van der Waals surface area contributed by atoms with E-state index in [1.54, 1.807) is 0 Å². The first-order valence-electron chi connectivity index (χ1n) is 7.70. The van der Waals surface area contributed by atoms with Crippen molar-refractivity contribution in [3.05, 3.63) is 0 Å². The Morgan fingerprint density at radius 1 is 1.30 bits per heavy atom. The van der Waals surface area contributed by atoms with Crippen LogP contribution in [-0.4, -0.2) is 72.5 Å². The molecule has 3 heterocycles. The molecule has 0 aromatic heterocycles. The second kappa shape index (κ2) is 5.69. The lowest BCUT2D eigenvalue weighted by Crippen LogP contribution is -2.65. The summed E-state index contributed by atoms with van der Waals surface area (Å²) in [6.45, 7) is 5.78. The summed E-state index contributed by atoms with van der Waals surface area (Å²) in [5.41, 5.74) is 0. The summed E-state index contributed by atoms with van der Waals surface area (Å²) >= 11 is 0. The van der Waals surface area contributed by atoms with Gasteiger partial charge in [0.1, 0.15) is 6.04 Å². The summed E-state index contributed by atoms with van der Waals surface area (Å²) in [5.74, 6) is 0.113. The van der Waals surface area contributed by atoms with Gasteiger partial charge in [0.25, 0.3) is 0 Å². The zero-order chi connectivity index (χ0) is 14.1. The molecule has 0 radical (unpaired) electrons. The number of nitrogens with zero attached hydrogens (tertiary/aromatic N) is 2. The minimum atomic E-state index is -0.259. The van der Waals surface area contributed by atoms with Gasteiger partial charge in [-0.2, -0.15) is 0 Å². The molecular weight excluding hydrogens is 256 g/mol. The number of hydrogen-bond donors (Lipinski definition) is 2. The smallest absolute Gasteiger partial charge is 0.241 e. The molecule has 20 heavy (non-hydrogen) atoms. The molecular formula is C14H24N4O2. The molecule has 0 aromatic rings. The Morgan fingerprint density at radius 2 is 2.15 bits per heavy atom. The summed E-state index contributed by atoms with van der Waals surface area (Å²) in [4.78, 5) is 28.3. The van der Waals surface area contributed by atoms with Crippen LogP contribution in [0.2, 0.25) is 0 Å². The average molecular weight is 280 g/mol. The number of piperazine rings is 2. The normalized spacial score (nSPS) is 35.4. The van der Waals surface area contributed by atoms with Crippen LogP contribution < -0.4 is 10.6 Å². The number of rotatable bonds is 1. The number of hydrogen-bond acceptors (Lipinski definition) is 4. The van der Waals surface area contributed by atoms with Crippen molar-refractivity contribution >= 4 is 11.8 Å². The second-order valence-corrected chi connectivity index (χ2v) is 6.22. The van der Waals surface area contributed by atoms with Crippen molar-refractivity contribution in [2.24, 2.45) is 0 Å². The highest BCUT2D eigenvalue weighted by Gasteiger charge is 2.38. The Morgan fingerprint density at radius 3 is 2.90 bits per heavy atom. The quantitative estimate of drug-likeness (QED) is 0.657. The Labute approximate surface area is 119 Å². The zero-order valence-electron chi connectivity index (χ0n) is 12.1. The van der Waals surface area contributed by atoms with E-state index in [9.17, 15) is 9.59 Å². The fourth-order valence-corrected chi connectivity index (χ4v) is 3.60. The van der Waals surface area contributed by atoms with Crippen molar-refractivity contribution in [3.63, 3.8) is 0 Å². The predicted octanol–water partition coefficient (Wildman–Crippen LogP) is -0.840. The summed E-state index contributed by atoms with van der Waals surface area (Å²) in [5, 5.41) is 5.81. The molecule has 3 rings (SSSR count). The molecule has 3 saturated heterocycles. The monoisotopic (exact) mass is 280 g/mol. The molecule has 3 atom stereocenters. The lowest BCUT2D eigenvalue weighted by molar-refractivity contribution is -0.141. The van der Waals surface area contributed by atoms with Gasteiger partial charge >= 0.3 is 0 Å². The van der Waals surface area contributed by atoms with Crippen LogP contribution in [-0.2, 0) is 9.59 Å². The van der Waals surface area contributed by atoms with Crippen LogP contribution in [0.5, 0.6) is 0 Å². The van der Waals surface area contributed by atoms with E-state index in [4.69, 9.17) is 0 Å². The third-order valence-corrected chi connectivity index (χ3v) is 4.78. The van der Waals surface area contributed by atoms with Gasteiger partial charge in [-0.05, 0) is 26.3 Å². The van der Waals surface area contributed by atoms with E-state index in [1.807, 2.05) is 4.90 Å². The van der Waals surface area contributed by atoms with Crippen LogP contribution in [0.3, 0.4) is 0 Å². The maximum absolute atomic E-state index is 12.6. The van der Waals surface area contributed by atoms with E-state index in [1.165, 1.54) is 25.8 Å². The van der Waals surface area contributed by atoms with E-state index in [0.717, 1.165) is 13.1 Å². The molecule has 0 aromatic carbocycles. The maximum Gasteiger partial charge on any atom is 0.241 e. The van der Waals surface area contributed by atoms with Crippen molar-refractivity contribution in [3.8, 4) is 0 Å². The molecule has 6 nitrogen and oxygen atoms in total. The topological polar surface area (TPSA) is 64.7 Å². The van der Waals surface area contributed by atoms with Crippen molar-refractivity contribution in [1.29, 1.82) is 0 Å². The fourth-order valence-electron chi connectivity index (χ4n) is 3.60. The maximum atomic E-state index is 12.6. The minimum absolute atomic E-state index is 0.0285. The number of piperidine rings is 1. The largest absolute Gasteiger partial charge is 0.353 e. The van der Waals surface area contributed by atoms with Gasteiger partial charge in [0, 0.05) is 31.7 Å². The van der Waals surface area contributed by atoms with Gasteiger partial charge in [-0.3, -0.25) is 19.8 Å². The molecule has 3 aliphatic heterocycles. The number of nitrogens with one attached hydrogen (secondary N) is 2. The first-order valence-corrected chi connectivity index (χ1v) is 7.70. The first-order chi connectivity index (χ1) is 9.65.